The van der Waals surface area contributed by atoms with Gasteiger partial charge in [0.05, 0.1) is 5.92 Å². The van der Waals surface area contributed by atoms with Crippen LogP contribution in [-0.4, -0.2) is 47.1 Å². The fraction of sp³-hybridized carbons (Fsp3) is 0.688. The van der Waals surface area contributed by atoms with Crippen LogP contribution in [0.15, 0.2) is 11.4 Å². The normalized spacial score (nSPS) is 24.5. The van der Waals surface area contributed by atoms with Crippen molar-refractivity contribution in [1.82, 2.24) is 9.80 Å². The van der Waals surface area contributed by atoms with Gasteiger partial charge in [-0.05, 0) is 62.3 Å². The predicted octanol–water partition coefficient (Wildman–Crippen LogP) is 2.64. The number of likely N-dealkylation sites (tertiary alicyclic amines) is 2. The highest BCUT2D eigenvalue weighted by molar-refractivity contribution is 7.10. The van der Waals surface area contributed by atoms with Crippen molar-refractivity contribution in [2.24, 2.45) is 5.92 Å². The molecule has 0 aromatic carbocycles. The van der Waals surface area contributed by atoms with E-state index in [1.165, 1.54) is 36.4 Å². The Kier molecular flexibility index (Phi) is 4.93. The lowest BCUT2D eigenvalue weighted by Crippen LogP contribution is -2.37. The van der Waals surface area contributed by atoms with Crippen LogP contribution in [0.2, 0.25) is 0 Å². The van der Waals surface area contributed by atoms with Crippen LogP contribution in [0.5, 0.6) is 0 Å². The average Bonchev–Trinajstić information content (AvgIpc) is 3.12. The molecule has 21 heavy (non-hydrogen) atoms. The zero-order valence-electron chi connectivity index (χ0n) is 12.5. The van der Waals surface area contributed by atoms with Crippen LogP contribution >= 0.6 is 11.3 Å². The molecule has 0 radical (unpaired) electrons. The van der Waals surface area contributed by atoms with Gasteiger partial charge in [-0.15, -0.1) is 11.3 Å². The van der Waals surface area contributed by atoms with Crippen LogP contribution in [0.3, 0.4) is 0 Å². The SMILES string of the molecule is O=C(O)[C@@H]1CCCN(Cc2cc(CN3CCCC3)cs2)C1. The van der Waals surface area contributed by atoms with Gasteiger partial charge in [-0.25, -0.2) is 0 Å². The molecule has 3 rings (SSSR count). The van der Waals surface area contributed by atoms with Gasteiger partial charge >= 0.3 is 5.97 Å². The molecular formula is C16H24N2O2S. The van der Waals surface area contributed by atoms with Crippen molar-refractivity contribution in [3.8, 4) is 0 Å². The lowest BCUT2D eigenvalue weighted by Gasteiger charge is -2.30. The maximum absolute atomic E-state index is 11.1. The Balaban J connectivity index is 1.52. The smallest absolute Gasteiger partial charge is 0.307 e. The van der Waals surface area contributed by atoms with Gasteiger partial charge in [0.2, 0.25) is 0 Å². The molecule has 5 heteroatoms. The molecule has 0 saturated carbocycles. The van der Waals surface area contributed by atoms with Crippen molar-refractivity contribution < 1.29 is 9.90 Å². The minimum Gasteiger partial charge on any atom is -0.481 e. The maximum Gasteiger partial charge on any atom is 0.307 e. The number of nitrogens with zero attached hydrogens (tertiary/aromatic N) is 2. The monoisotopic (exact) mass is 308 g/mol. The summed E-state index contributed by atoms with van der Waals surface area (Å²) in [6.45, 7) is 6.19. The molecule has 4 nitrogen and oxygen atoms in total. The highest BCUT2D eigenvalue weighted by atomic mass is 32.1. The van der Waals surface area contributed by atoms with Crippen molar-refractivity contribution in [2.75, 3.05) is 26.2 Å². The summed E-state index contributed by atoms with van der Waals surface area (Å²) in [5.74, 6) is -0.816. The second kappa shape index (κ2) is 6.90. The van der Waals surface area contributed by atoms with E-state index in [-0.39, 0.29) is 5.92 Å². The third-order valence-corrected chi connectivity index (χ3v) is 5.52. The summed E-state index contributed by atoms with van der Waals surface area (Å²) in [6, 6.07) is 2.31. The van der Waals surface area contributed by atoms with Crippen LogP contribution < -0.4 is 0 Å². The van der Waals surface area contributed by atoms with E-state index in [0.29, 0.717) is 6.54 Å². The third-order valence-electron chi connectivity index (χ3n) is 4.55. The van der Waals surface area contributed by atoms with Crippen LogP contribution in [-0.2, 0) is 17.9 Å². The average molecular weight is 308 g/mol. The lowest BCUT2D eigenvalue weighted by molar-refractivity contribution is -0.143. The molecule has 2 saturated heterocycles. The first-order valence-corrected chi connectivity index (χ1v) is 8.82. The third kappa shape index (κ3) is 4.05. The van der Waals surface area contributed by atoms with Crippen molar-refractivity contribution in [3.05, 3.63) is 21.9 Å². The van der Waals surface area contributed by atoms with Crippen LogP contribution in [0.4, 0.5) is 0 Å². The van der Waals surface area contributed by atoms with Crippen molar-refractivity contribution in [1.29, 1.82) is 0 Å². The van der Waals surface area contributed by atoms with E-state index in [2.05, 4.69) is 21.2 Å². The summed E-state index contributed by atoms with van der Waals surface area (Å²) in [7, 11) is 0. The van der Waals surface area contributed by atoms with E-state index in [1.54, 1.807) is 0 Å². The largest absolute Gasteiger partial charge is 0.481 e. The Morgan fingerprint density at radius 3 is 2.71 bits per heavy atom. The van der Waals surface area contributed by atoms with Crippen LogP contribution in [0.25, 0.3) is 0 Å². The summed E-state index contributed by atoms with van der Waals surface area (Å²) in [4.78, 5) is 17.3. The first-order chi connectivity index (χ1) is 10.2. The second-order valence-corrected chi connectivity index (χ2v) is 7.31. The Hall–Kier alpha value is -0.910. The van der Waals surface area contributed by atoms with Crippen LogP contribution in [0, 0.1) is 5.92 Å². The van der Waals surface area contributed by atoms with E-state index < -0.39 is 5.97 Å². The van der Waals surface area contributed by atoms with Gasteiger partial charge in [0, 0.05) is 24.5 Å². The molecule has 0 spiro atoms. The summed E-state index contributed by atoms with van der Waals surface area (Å²) < 4.78 is 0. The standard InChI is InChI=1S/C16H24N2O2S/c19-16(20)14-4-3-7-18(10-14)11-15-8-13(12-21-15)9-17-5-1-2-6-17/h8,12,14H,1-7,9-11H2,(H,19,20)/t14-/m1/s1. The molecule has 1 aromatic heterocycles. The quantitative estimate of drug-likeness (QED) is 0.908. The molecule has 116 valence electrons. The Bertz CT molecular complexity index is 482. The number of piperidine rings is 1. The van der Waals surface area contributed by atoms with E-state index >= 15 is 0 Å². The molecule has 0 unspecified atom stereocenters. The first-order valence-electron chi connectivity index (χ1n) is 7.94. The lowest BCUT2D eigenvalue weighted by atomic mass is 9.98. The molecule has 0 aliphatic carbocycles. The van der Waals surface area contributed by atoms with E-state index in [4.69, 9.17) is 5.11 Å². The minimum absolute atomic E-state index is 0.178. The number of thiophene rings is 1. The zero-order chi connectivity index (χ0) is 14.7. The van der Waals surface area contributed by atoms with Gasteiger partial charge in [-0.3, -0.25) is 14.6 Å². The van der Waals surface area contributed by atoms with Crippen molar-refractivity contribution in [2.45, 2.75) is 38.8 Å². The molecule has 2 fully saturated rings. The molecule has 3 heterocycles. The molecular weight excluding hydrogens is 284 g/mol. The van der Waals surface area contributed by atoms with Gasteiger partial charge in [-0.2, -0.15) is 0 Å². The van der Waals surface area contributed by atoms with E-state index in [1.807, 2.05) is 11.3 Å². The first kappa shape index (κ1) is 15.0. The fourth-order valence-corrected chi connectivity index (χ4v) is 4.33. The Labute approximate surface area is 130 Å². The van der Waals surface area contributed by atoms with Gasteiger partial charge in [0.1, 0.15) is 0 Å². The second-order valence-electron chi connectivity index (χ2n) is 6.32. The molecule has 1 aromatic rings. The summed E-state index contributed by atoms with van der Waals surface area (Å²) in [5, 5.41) is 11.4. The van der Waals surface area contributed by atoms with Crippen molar-refractivity contribution >= 4 is 17.3 Å². The summed E-state index contributed by atoms with van der Waals surface area (Å²) >= 11 is 1.82. The van der Waals surface area contributed by atoms with Gasteiger partial charge in [0.25, 0.3) is 0 Å². The molecule has 2 aliphatic heterocycles. The predicted molar refractivity (Wildman–Crippen MR) is 84.5 cm³/mol. The van der Waals surface area contributed by atoms with E-state index in [9.17, 15) is 4.79 Å². The topological polar surface area (TPSA) is 43.8 Å². The number of carboxylic acids is 1. The summed E-state index contributed by atoms with van der Waals surface area (Å²) in [5.41, 5.74) is 1.42. The number of hydrogen-bond donors (Lipinski definition) is 1. The number of carbonyl (C=O) groups is 1. The molecule has 2 aliphatic rings. The Morgan fingerprint density at radius 2 is 1.95 bits per heavy atom. The van der Waals surface area contributed by atoms with Gasteiger partial charge in [-0.1, -0.05) is 0 Å². The highest BCUT2D eigenvalue weighted by Crippen LogP contribution is 2.23. The van der Waals surface area contributed by atoms with Crippen molar-refractivity contribution in [3.63, 3.8) is 0 Å². The maximum atomic E-state index is 11.1. The molecule has 1 N–H and O–H groups in total. The summed E-state index contributed by atoms with van der Waals surface area (Å²) in [6.07, 6.45) is 4.50. The van der Waals surface area contributed by atoms with Gasteiger partial charge < -0.3 is 5.11 Å². The number of hydrogen-bond acceptors (Lipinski definition) is 4. The number of aliphatic carboxylic acids is 1. The molecule has 1 atom stereocenters. The van der Waals surface area contributed by atoms with Gasteiger partial charge in [0.15, 0.2) is 0 Å². The molecule has 0 bridgehead atoms. The minimum atomic E-state index is -0.638. The molecule has 0 amide bonds. The zero-order valence-corrected chi connectivity index (χ0v) is 13.3. The van der Waals surface area contributed by atoms with Crippen LogP contribution in [0.1, 0.15) is 36.1 Å². The highest BCUT2D eigenvalue weighted by Gasteiger charge is 2.25. The van der Waals surface area contributed by atoms with E-state index in [0.717, 1.165) is 32.5 Å². The fourth-order valence-electron chi connectivity index (χ4n) is 3.41. The number of rotatable bonds is 5. The number of carboxylic acid groups (broad SMARTS) is 1. The Morgan fingerprint density at radius 1 is 1.19 bits per heavy atom.